The van der Waals surface area contributed by atoms with Gasteiger partial charge in [-0.2, -0.15) is 0 Å². The number of nitrogens with one attached hydrogen (secondary N) is 1. The molecule has 1 N–H and O–H groups in total. The van der Waals surface area contributed by atoms with Gasteiger partial charge in [-0.1, -0.05) is 59.1 Å². The van der Waals surface area contributed by atoms with E-state index in [0.717, 1.165) is 9.87 Å². The van der Waals surface area contributed by atoms with Crippen molar-refractivity contribution >= 4 is 50.7 Å². The predicted molar refractivity (Wildman–Crippen MR) is 168 cm³/mol. The molecule has 0 aliphatic heterocycles. The number of anilines is 1. The molecule has 42 heavy (non-hydrogen) atoms. The summed E-state index contributed by atoms with van der Waals surface area (Å²) in [7, 11) is -4.23. The molecule has 2 amide bonds. The number of amides is 2. The van der Waals surface area contributed by atoms with Crippen molar-refractivity contribution in [3.63, 3.8) is 0 Å². The number of carbonyl (C=O) groups excluding carboxylic acids is 2. The van der Waals surface area contributed by atoms with Gasteiger partial charge in [-0.15, -0.1) is 0 Å². The number of halogens is 2. The fourth-order valence-corrected chi connectivity index (χ4v) is 5.93. The van der Waals surface area contributed by atoms with Crippen LogP contribution in [0.25, 0.3) is 0 Å². The molecule has 0 saturated carbocycles. The molecule has 11 heteroatoms. The molecular formula is C31H37Cl2N3O5S. The van der Waals surface area contributed by atoms with E-state index >= 15 is 0 Å². The summed E-state index contributed by atoms with van der Waals surface area (Å²) in [6.07, 6.45) is 0. The van der Waals surface area contributed by atoms with Crippen molar-refractivity contribution < 1.29 is 22.7 Å². The Morgan fingerprint density at radius 2 is 1.62 bits per heavy atom. The summed E-state index contributed by atoms with van der Waals surface area (Å²) in [5.41, 5.74) is 1.16. The minimum atomic E-state index is -4.23. The van der Waals surface area contributed by atoms with E-state index in [2.05, 4.69) is 5.32 Å². The predicted octanol–water partition coefficient (Wildman–Crippen LogP) is 6.23. The fourth-order valence-electron chi connectivity index (χ4n) is 4.18. The largest absolute Gasteiger partial charge is 0.492 e. The Balaban J connectivity index is 2.10. The molecule has 0 fully saturated rings. The van der Waals surface area contributed by atoms with E-state index in [1.54, 1.807) is 68.4 Å². The monoisotopic (exact) mass is 633 g/mol. The number of aryl methyl sites for hydroxylation is 1. The first-order valence-corrected chi connectivity index (χ1v) is 15.7. The van der Waals surface area contributed by atoms with Gasteiger partial charge < -0.3 is 15.0 Å². The molecule has 0 aliphatic carbocycles. The van der Waals surface area contributed by atoms with Crippen molar-refractivity contribution in [2.75, 3.05) is 17.5 Å². The van der Waals surface area contributed by atoms with Gasteiger partial charge in [0.2, 0.25) is 11.8 Å². The van der Waals surface area contributed by atoms with Crippen molar-refractivity contribution in [3.05, 3.63) is 87.9 Å². The second kappa shape index (κ2) is 13.8. The second-order valence-electron chi connectivity index (χ2n) is 10.9. The van der Waals surface area contributed by atoms with Crippen molar-refractivity contribution in [1.82, 2.24) is 10.2 Å². The maximum Gasteiger partial charge on any atom is 0.264 e. The highest BCUT2D eigenvalue weighted by Gasteiger charge is 2.34. The number of sulfonamides is 1. The van der Waals surface area contributed by atoms with Gasteiger partial charge >= 0.3 is 0 Å². The average Bonchev–Trinajstić information content (AvgIpc) is 2.91. The number of hydrogen-bond donors (Lipinski definition) is 1. The highest BCUT2D eigenvalue weighted by atomic mass is 35.5. The van der Waals surface area contributed by atoms with E-state index in [4.69, 9.17) is 27.9 Å². The number of benzene rings is 3. The lowest BCUT2D eigenvalue weighted by molar-refractivity contribution is -0.140. The van der Waals surface area contributed by atoms with Crippen LogP contribution >= 0.6 is 23.2 Å². The zero-order valence-corrected chi connectivity index (χ0v) is 27.0. The van der Waals surface area contributed by atoms with Crippen LogP contribution in [0.4, 0.5) is 5.69 Å². The lowest BCUT2D eigenvalue weighted by atomic mass is 10.1. The first-order chi connectivity index (χ1) is 19.6. The van der Waals surface area contributed by atoms with E-state index < -0.39 is 40.0 Å². The molecule has 3 aromatic rings. The quantitative estimate of drug-likeness (QED) is 0.270. The van der Waals surface area contributed by atoms with E-state index in [9.17, 15) is 18.0 Å². The number of nitrogens with zero attached hydrogens (tertiary/aromatic N) is 2. The fraction of sp³-hybridized carbons (Fsp3) is 0.355. The molecule has 0 aliphatic rings. The second-order valence-corrected chi connectivity index (χ2v) is 13.6. The van der Waals surface area contributed by atoms with Crippen LogP contribution in [0.15, 0.2) is 71.6 Å². The molecular weight excluding hydrogens is 597 g/mol. The van der Waals surface area contributed by atoms with Crippen LogP contribution in [-0.4, -0.2) is 49.9 Å². The molecule has 0 saturated heterocycles. The summed E-state index contributed by atoms with van der Waals surface area (Å²) >= 11 is 12.3. The Morgan fingerprint density at radius 3 is 2.21 bits per heavy atom. The Hall–Kier alpha value is -3.27. The molecule has 0 aromatic heterocycles. The molecule has 0 spiro atoms. The molecule has 3 aromatic carbocycles. The van der Waals surface area contributed by atoms with Crippen molar-refractivity contribution in [2.45, 2.75) is 64.6 Å². The summed E-state index contributed by atoms with van der Waals surface area (Å²) in [6.45, 7) is 10.4. The summed E-state index contributed by atoms with van der Waals surface area (Å²) in [5, 5.41) is 3.54. The van der Waals surface area contributed by atoms with Crippen molar-refractivity contribution in [3.8, 4) is 5.75 Å². The van der Waals surface area contributed by atoms with E-state index in [1.165, 1.54) is 17.0 Å². The Morgan fingerprint density at radius 1 is 0.976 bits per heavy atom. The van der Waals surface area contributed by atoms with Crippen molar-refractivity contribution in [2.24, 2.45) is 0 Å². The topological polar surface area (TPSA) is 96.0 Å². The van der Waals surface area contributed by atoms with Crippen LogP contribution in [-0.2, 0) is 26.2 Å². The standard InChI is InChI=1S/C31H37Cl2N3O5S/c1-7-41-28-11-9-8-10-27(28)36(42(39,40)24-15-12-21(2)13-16-24)20-29(37)35(22(3)30(38)34-31(4,5)6)19-23-14-17-25(32)26(33)18-23/h8-18,22H,7,19-20H2,1-6H3,(H,34,38)/t22-/m1/s1. The summed E-state index contributed by atoms with van der Waals surface area (Å²) in [4.78, 5) is 28.7. The van der Waals surface area contributed by atoms with Crippen LogP contribution < -0.4 is 14.4 Å². The van der Waals surface area contributed by atoms with Gasteiger partial charge in [-0.25, -0.2) is 8.42 Å². The lowest BCUT2D eigenvalue weighted by Crippen LogP contribution is -2.54. The first kappa shape index (κ1) is 33.2. The first-order valence-electron chi connectivity index (χ1n) is 13.5. The maximum atomic E-state index is 14.1. The van der Waals surface area contributed by atoms with Gasteiger partial charge in [0.15, 0.2) is 0 Å². The average molecular weight is 635 g/mol. The number of rotatable bonds is 11. The highest BCUT2D eigenvalue weighted by Crippen LogP contribution is 2.33. The zero-order chi connectivity index (χ0) is 31.2. The third-order valence-electron chi connectivity index (χ3n) is 6.32. The molecule has 0 bridgehead atoms. The maximum absolute atomic E-state index is 14.1. The zero-order valence-electron chi connectivity index (χ0n) is 24.6. The molecule has 8 nitrogen and oxygen atoms in total. The van der Waals surface area contributed by atoms with Gasteiger partial charge in [-0.05, 0) is 83.5 Å². The van der Waals surface area contributed by atoms with E-state index in [0.29, 0.717) is 21.4 Å². The van der Waals surface area contributed by atoms with Crippen LogP contribution in [0.2, 0.25) is 10.0 Å². The third-order valence-corrected chi connectivity index (χ3v) is 8.84. The van der Waals surface area contributed by atoms with E-state index in [-0.39, 0.29) is 23.7 Å². The number of ether oxygens (including phenoxy) is 1. The highest BCUT2D eigenvalue weighted by molar-refractivity contribution is 7.92. The number of hydrogen-bond acceptors (Lipinski definition) is 5. The normalized spacial score (nSPS) is 12.4. The summed E-state index contributed by atoms with van der Waals surface area (Å²) in [5.74, 6) is -0.684. The van der Waals surface area contributed by atoms with Crippen LogP contribution in [0, 0.1) is 6.92 Å². The smallest absolute Gasteiger partial charge is 0.264 e. The SMILES string of the molecule is CCOc1ccccc1N(CC(=O)N(Cc1ccc(Cl)c(Cl)c1)[C@H](C)C(=O)NC(C)(C)C)S(=O)(=O)c1ccc(C)cc1. The van der Waals surface area contributed by atoms with Crippen LogP contribution in [0.3, 0.4) is 0 Å². The Kier molecular flexibility index (Phi) is 10.9. The van der Waals surface area contributed by atoms with Crippen molar-refractivity contribution in [1.29, 1.82) is 0 Å². The van der Waals surface area contributed by atoms with Gasteiger partial charge in [0, 0.05) is 12.1 Å². The Bertz CT molecular complexity index is 1520. The number of para-hydroxylation sites is 2. The molecule has 3 rings (SSSR count). The summed E-state index contributed by atoms with van der Waals surface area (Å²) in [6, 6.07) is 17.0. The third kappa shape index (κ3) is 8.40. The van der Waals surface area contributed by atoms with E-state index in [1.807, 2.05) is 27.7 Å². The van der Waals surface area contributed by atoms with Gasteiger partial charge in [-0.3, -0.25) is 13.9 Å². The molecule has 0 radical (unpaired) electrons. The summed E-state index contributed by atoms with van der Waals surface area (Å²) < 4.78 is 34.9. The molecule has 1 atom stereocenters. The molecule has 0 unspecified atom stereocenters. The van der Waals surface area contributed by atoms with Gasteiger partial charge in [0.05, 0.1) is 27.2 Å². The Labute approximate surface area is 258 Å². The minimum Gasteiger partial charge on any atom is -0.492 e. The lowest BCUT2D eigenvalue weighted by Gasteiger charge is -2.33. The van der Waals surface area contributed by atoms with Gasteiger partial charge in [0.25, 0.3) is 10.0 Å². The molecule has 226 valence electrons. The van der Waals surface area contributed by atoms with Crippen LogP contribution in [0.1, 0.15) is 45.7 Å². The number of carbonyl (C=O) groups is 2. The van der Waals surface area contributed by atoms with Gasteiger partial charge in [0.1, 0.15) is 18.3 Å². The molecule has 0 heterocycles. The minimum absolute atomic E-state index is 0.0139. The van der Waals surface area contributed by atoms with Crippen LogP contribution in [0.5, 0.6) is 5.75 Å².